The summed E-state index contributed by atoms with van der Waals surface area (Å²) in [5, 5.41) is 2.91. The fraction of sp³-hybridized carbons (Fsp3) is 0.588. The SMILES string of the molecule is CC(N)CC(=O)Nc1cccc(CN2CC(C)OC(C)C2)c1. The highest BCUT2D eigenvalue weighted by molar-refractivity contribution is 5.91. The summed E-state index contributed by atoms with van der Waals surface area (Å²) in [7, 11) is 0. The summed E-state index contributed by atoms with van der Waals surface area (Å²) in [5.41, 5.74) is 7.67. The van der Waals surface area contributed by atoms with Gasteiger partial charge in [0.05, 0.1) is 12.2 Å². The average Bonchev–Trinajstić information content (AvgIpc) is 2.36. The van der Waals surface area contributed by atoms with Crippen molar-refractivity contribution in [2.75, 3.05) is 18.4 Å². The molecule has 1 aliphatic rings. The van der Waals surface area contributed by atoms with Gasteiger partial charge in [0.1, 0.15) is 0 Å². The van der Waals surface area contributed by atoms with E-state index in [2.05, 4.69) is 30.1 Å². The lowest BCUT2D eigenvalue weighted by Crippen LogP contribution is -2.44. The molecule has 0 aliphatic carbocycles. The molecule has 1 amide bonds. The quantitative estimate of drug-likeness (QED) is 0.873. The molecule has 5 nitrogen and oxygen atoms in total. The molecule has 5 heteroatoms. The van der Waals surface area contributed by atoms with Gasteiger partial charge in [-0.25, -0.2) is 0 Å². The van der Waals surface area contributed by atoms with E-state index in [1.807, 2.05) is 25.1 Å². The molecule has 3 unspecified atom stereocenters. The molecule has 0 radical (unpaired) electrons. The van der Waals surface area contributed by atoms with E-state index in [0.29, 0.717) is 6.42 Å². The van der Waals surface area contributed by atoms with Crippen molar-refractivity contribution in [1.82, 2.24) is 4.90 Å². The van der Waals surface area contributed by atoms with Crippen LogP contribution in [0.25, 0.3) is 0 Å². The number of hydrogen-bond donors (Lipinski definition) is 2. The molecule has 2 rings (SSSR count). The van der Waals surface area contributed by atoms with Crippen molar-refractivity contribution in [3.63, 3.8) is 0 Å². The molecule has 1 aromatic rings. The Morgan fingerprint density at radius 3 is 2.73 bits per heavy atom. The molecule has 1 aliphatic heterocycles. The predicted octanol–water partition coefficient (Wildman–Crippen LogP) is 1.97. The van der Waals surface area contributed by atoms with Gasteiger partial charge in [-0.3, -0.25) is 9.69 Å². The van der Waals surface area contributed by atoms with E-state index >= 15 is 0 Å². The molecule has 3 N–H and O–H groups in total. The van der Waals surface area contributed by atoms with Crippen LogP contribution < -0.4 is 11.1 Å². The van der Waals surface area contributed by atoms with E-state index in [1.165, 1.54) is 5.56 Å². The fourth-order valence-corrected chi connectivity index (χ4v) is 2.92. The monoisotopic (exact) mass is 305 g/mol. The number of carbonyl (C=O) groups excluding carboxylic acids is 1. The minimum Gasteiger partial charge on any atom is -0.373 e. The zero-order valence-corrected chi connectivity index (χ0v) is 13.7. The van der Waals surface area contributed by atoms with Crippen molar-refractivity contribution >= 4 is 11.6 Å². The molecule has 0 saturated carbocycles. The fourth-order valence-electron chi connectivity index (χ4n) is 2.92. The number of amides is 1. The van der Waals surface area contributed by atoms with Crippen molar-refractivity contribution in [3.8, 4) is 0 Å². The Morgan fingerprint density at radius 1 is 1.41 bits per heavy atom. The summed E-state index contributed by atoms with van der Waals surface area (Å²) in [4.78, 5) is 14.2. The molecule has 0 spiro atoms. The summed E-state index contributed by atoms with van der Waals surface area (Å²) in [6.07, 6.45) is 0.860. The Labute approximate surface area is 132 Å². The van der Waals surface area contributed by atoms with Crippen LogP contribution in [0.4, 0.5) is 5.69 Å². The number of benzene rings is 1. The minimum atomic E-state index is -0.125. The van der Waals surface area contributed by atoms with Crippen molar-refractivity contribution in [2.45, 2.75) is 52.0 Å². The molecule has 3 atom stereocenters. The van der Waals surface area contributed by atoms with Gasteiger partial charge in [0.2, 0.25) is 5.91 Å². The molecule has 0 aromatic heterocycles. The summed E-state index contributed by atoms with van der Waals surface area (Å²) in [5.74, 6) is -0.0410. The van der Waals surface area contributed by atoms with Crippen molar-refractivity contribution in [3.05, 3.63) is 29.8 Å². The smallest absolute Gasteiger partial charge is 0.225 e. The Morgan fingerprint density at radius 2 is 2.09 bits per heavy atom. The largest absolute Gasteiger partial charge is 0.373 e. The zero-order valence-electron chi connectivity index (χ0n) is 13.7. The Balaban J connectivity index is 1.95. The number of morpholine rings is 1. The standard InChI is InChI=1S/C17H27N3O2/c1-12(18)7-17(21)19-16-6-4-5-15(8-16)11-20-9-13(2)22-14(3)10-20/h4-6,8,12-14H,7,9-11,18H2,1-3H3,(H,19,21). The van der Waals surface area contributed by atoms with Gasteiger partial charge >= 0.3 is 0 Å². The third-order valence-electron chi connectivity index (χ3n) is 3.62. The second-order valence-electron chi connectivity index (χ2n) is 6.38. The topological polar surface area (TPSA) is 67.6 Å². The molecule has 1 saturated heterocycles. The van der Waals surface area contributed by atoms with Gasteiger partial charge in [-0.2, -0.15) is 0 Å². The Bertz CT molecular complexity index is 494. The lowest BCUT2D eigenvalue weighted by atomic mass is 10.1. The minimum absolute atomic E-state index is 0.0410. The van der Waals surface area contributed by atoms with E-state index < -0.39 is 0 Å². The van der Waals surface area contributed by atoms with Crippen LogP contribution in [-0.2, 0) is 16.1 Å². The highest BCUT2D eigenvalue weighted by Crippen LogP contribution is 2.17. The maximum atomic E-state index is 11.8. The summed E-state index contributed by atoms with van der Waals surface area (Å²) >= 11 is 0. The zero-order chi connectivity index (χ0) is 16.1. The first kappa shape index (κ1) is 16.9. The molecule has 122 valence electrons. The van der Waals surface area contributed by atoms with Crippen molar-refractivity contribution < 1.29 is 9.53 Å². The van der Waals surface area contributed by atoms with Crippen LogP contribution in [-0.4, -0.2) is 42.1 Å². The summed E-state index contributed by atoms with van der Waals surface area (Å²) in [6, 6.07) is 7.88. The van der Waals surface area contributed by atoms with Crippen molar-refractivity contribution in [1.29, 1.82) is 0 Å². The number of ether oxygens (including phenoxy) is 1. The molecule has 0 bridgehead atoms. The molecule has 22 heavy (non-hydrogen) atoms. The van der Waals surface area contributed by atoms with Crippen LogP contribution in [0.1, 0.15) is 32.8 Å². The number of hydrogen-bond acceptors (Lipinski definition) is 4. The lowest BCUT2D eigenvalue weighted by Gasteiger charge is -2.35. The van der Waals surface area contributed by atoms with Crippen molar-refractivity contribution in [2.24, 2.45) is 5.73 Å². The number of rotatable bonds is 5. The third kappa shape index (κ3) is 5.40. The van der Waals surface area contributed by atoms with E-state index in [1.54, 1.807) is 0 Å². The average molecular weight is 305 g/mol. The van der Waals surface area contributed by atoms with Crippen LogP contribution in [0, 0.1) is 0 Å². The van der Waals surface area contributed by atoms with Crippen LogP contribution in [0.3, 0.4) is 0 Å². The number of anilines is 1. The number of carbonyl (C=O) groups is 1. The number of nitrogens with zero attached hydrogens (tertiary/aromatic N) is 1. The molecule has 1 fully saturated rings. The van der Waals surface area contributed by atoms with Gasteiger partial charge in [0, 0.05) is 37.8 Å². The van der Waals surface area contributed by atoms with E-state index in [0.717, 1.165) is 25.3 Å². The molecular formula is C17H27N3O2. The first-order valence-corrected chi connectivity index (χ1v) is 7.94. The summed E-state index contributed by atoms with van der Waals surface area (Å²) in [6.45, 7) is 8.78. The lowest BCUT2D eigenvalue weighted by molar-refractivity contribution is -0.116. The van der Waals surface area contributed by atoms with E-state index in [4.69, 9.17) is 10.5 Å². The van der Waals surface area contributed by atoms with Gasteiger partial charge in [0.25, 0.3) is 0 Å². The normalized spacial score (nSPS) is 24.0. The van der Waals surface area contributed by atoms with Gasteiger partial charge in [-0.15, -0.1) is 0 Å². The van der Waals surface area contributed by atoms with Gasteiger partial charge in [0.15, 0.2) is 0 Å². The predicted molar refractivity (Wildman–Crippen MR) is 88.6 cm³/mol. The Hall–Kier alpha value is -1.43. The molecule has 1 aromatic carbocycles. The maximum Gasteiger partial charge on any atom is 0.225 e. The summed E-state index contributed by atoms with van der Waals surface area (Å²) < 4.78 is 5.76. The second kappa shape index (κ2) is 7.72. The van der Waals surface area contributed by atoms with E-state index in [-0.39, 0.29) is 24.2 Å². The van der Waals surface area contributed by atoms with Crippen LogP contribution >= 0.6 is 0 Å². The van der Waals surface area contributed by atoms with Crippen LogP contribution in [0.5, 0.6) is 0 Å². The highest BCUT2D eigenvalue weighted by atomic mass is 16.5. The first-order chi connectivity index (χ1) is 10.4. The highest BCUT2D eigenvalue weighted by Gasteiger charge is 2.22. The van der Waals surface area contributed by atoms with Gasteiger partial charge in [-0.1, -0.05) is 12.1 Å². The van der Waals surface area contributed by atoms with Crippen LogP contribution in [0.15, 0.2) is 24.3 Å². The molecule has 1 heterocycles. The third-order valence-corrected chi connectivity index (χ3v) is 3.62. The van der Waals surface area contributed by atoms with E-state index in [9.17, 15) is 4.79 Å². The Kier molecular flexibility index (Phi) is 5.94. The molecular weight excluding hydrogens is 278 g/mol. The maximum absolute atomic E-state index is 11.8. The van der Waals surface area contributed by atoms with Gasteiger partial charge < -0.3 is 15.8 Å². The second-order valence-corrected chi connectivity index (χ2v) is 6.38. The van der Waals surface area contributed by atoms with Gasteiger partial charge in [-0.05, 0) is 38.5 Å². The number of nitrogens with one attached hydrogen (secondary N) is 1. The number of nitrogens with two attached hydrogens (primary N) is 1. The first-order valence-electron chi connectivity index (χ1n) is 7.94. The van der Waals surface area contributed by atoms with Crippen LogP contribution in [0.2, 0.25) is 0 Å².